The second-order valence-corrected chi connectivity index (χ2v) is 12.5. The van der Waals surface area contributed by atoms with Gasteiger partial charge >= 0.3 is 0 Å². The molecule has 1 amide bonds. The number of allylic oxidation sites excluding steroid dienone is 1. The average molecular weight is 549 g/mol. The van der Waals surface area contributed by atoms with E-state index >= 15 is 0 Å². The number of hydrogen-bond donors (Lipinski definition) is 2. The fraction of sp³-hybridized carbons (Fsp3) is 0.893. The van der Waals surface area contributed by atoms with E-state index in [2.05, 4.69) is 12.2 Å². The molecule has 0 bridgehead atoms. The molecule has 8 nitrogen and oxygen atoms in total. The lowest BCUT2D eigenvalue weighted by Gasteiger charge is -2.29. The first kappa shape index (κ1) is 36.2. The van der Waals surface area contributed by atoms with Crippen molar-refractivity contribution in [3.8, 4) is 0 Å². The van der Waals surface area contributed by atoms with Crippen LogP contribution in [-0.2, 0) is 18.4 Å². The number of unbranched alkanes of at least 4 members (excludes halogenated alkanes) is 12. The molecule has 0 aliphatic heterocycles. The highest BCUT2D eigenvalue weighted by Crippen LogP contribution is 2.38. The number of amides is 1. The molecule has 0 aliphatic rings. The van der Waals surface area contributed by atoms with Gasteiger partial charge in [0.1, 0.15) is 13.2 Å². The average Bonchev–Trinajstić information content (AvgIpc) is 2.81. The lowest BCUT2D eigenvalue weighted by Crippen LogP contribution is -2.45. The normalized spacial score (nSPS) is 15.5. The van der Waals surface area contributed by atoms with Crippen LogP contribution < -0.4 is 10.2 Å². The molecular formula is C28H57N2O6P. The van der Waals surface area contributed by atoms with Crippen molar-refractivity contribution in [1.82, 2.24) is 5.32 Å². The van der Waals surface area contributed by atoms with Crippen molar-refractivity contribution in [1.29, 1.82) is 0 Å². The Labute approximate surface area is 227 Å². The first-order valence-corrected chi connectivity index (χ1v) is 16.0. The second kappa shape index (κ2) is 22.1. The smallest absolute Gasteiger partial charge is 0.268 e. The maximum absolute atomic E-state index is 12.5. The number of carbonyl (C=O) groups excluding carboxylic acids is 1. The Balaban J connectivity index is 4.37. The number of nitrogens with one attached hydrogen (secondary N) is 1. The Kier molecular flexibility index (Phi) is 21.6. The Morgan fingerprint density at radius 1 is 0.919 bits per heavy atom. The summed E-state index contributed by atoms with van der Waals surface area (Å²) in [7, 11) is 1.25. The van der Waals surface area contributed by atoms with E-state index in [0.717, 1.165) is 32.1 Å². The fourth-order valence-electron chi connectivity index (χ4n) is 3.80. The molecule has 0 aromatic rings. The van der Waals surface area contributed by atoms with Crippen LogP contribution in [0.1, 0.15) is 110 Å². The molecule has 0 saturated carbocycles. The van der Waals surface area contributed by atoms with Crippen LogP contribution in [0.25, 0.3) is 0 Å². The van der Waals surface area contributed by atoms with Crippen molar-refractivity contribution < 1.29 is 32.9 Å². The van der Waals surface area contributed by atoms with Gasteiger partial charge in [0.25, 0.3) is 7.82 Å². The number of phosphoric ester groups is 1. The highest BCUT2D eigenvalue weighted by Gasteiger charge is 2.23. The summed E-state index contributed by atoms with van der Waals surface area (Å²) in [5, 5.41) is 13.3. The van der Waals surface area contributed by atoms with Crippen molar-refractivity contribution >= 4 is 13.7 Å². The molecular weight excluding hydrogens is 491 g/mol. The molecule has 0 fully saturated rings. The molecule has 0 saturated heterocycles. The molecule has 2 N–H and O–H groups in total. The highest BCUT2D eigenvalue weighted by atomic mass is 31.2. The van der Waals surface area contributed by atoms with Crippen molar-refractivity contribution in [2.75, 3.05) is 40.9 Å². The van der Waals surface area contributed by atoms with E-state index in [1.165, 1.54) is 57.8 Å². The molecule has 9 heteroatoms. The van der Waals surface area contributed by atoms with Crippen LogP contribution in [0, 0.1) is 0 Å². The number of likely N-dealkylation sites (N-methyl/N-ethyl adjacent to an activating group) is 1. The minimum Gasteiger partial charge on any atom is -0.756 e. The number of aliphatic hydroxyl groups is 1. The first-order chi connectivity index (χ1) is 17.5. The van der Waals surface area contributed by atoms with Crippen molar-refractivity contribution in [3.05, 3.63) is 12.2 Å². The number of aliphatic hydroxyl groups excluding tert-OH is 1. The third kappa shape index (κ3) is 24.0. The standard InChI is InChI=1S/C28H57N2O6P/c1-6-8-10-11-12-13-14-15-16-17-18-20-22-28(32)29-26(27(31)21-19-9-7-2)25-36-37(33,34)35-24-23-30(3,4)5/h19,21,26-27,31H,6-18,20,22-25H2,1-5H3,(H-,29,32,33,34)/b21-19+. The SMILES string of the molecule is CCC/C=C/C(O)C(COP(=O)([O-])OCC[N+](C)(C)C)NC(=O)CCCCCCCCCCCCCC. The minimum absolute atomic E-state index is 0.000775. The van der Waals surface area contributed by atoms with Gasteiger partial charge in [-0.15, -0.1) is 0 Å². The summed E-state index contributed by atoms with van der Waals surface area (Å²) in [6.45, 7) is 4.38. The molecule has 0 aromatic carbocycles. The Hall–Kier alpha value is -0.760. The van der Waals surface area contributed by atoms with Crippen LogP contribution >= 0.6 is 7.82 Å². The van der Waals surface area contributed by atoms with E-state index in [4.69, 9.17) is 9.05 Å². The minimum atomic E-state index is -4.54. The maximum atomic E-state index is 12.5. The third-order valence-corrected chi connectivity index (χ3v) is 7.19. The monoisotopic (exact) mass is 548 g/mol. The van der Waals surface area contributed by atoms with Gasteiger partial charge in [0.05, 0.1) is 39.9 Å². The predicted octanol–water partition coefficient (Wildman–Crippen LogP) is 5.49. The molecule has 220 valence electrons. The van der Waals surface area contributed by atoms with Crippen LogP contribution in [0.5, 0.6) is 0 Å². The molecule has 3 atom stereocenters. The van der Waals surface area contributed by atoms with Gasteiger partial charge < -0.3 is 28.8 Å². The number of hydrogen-bond acceptors (Lipinski definition) is 6. The summed E-state index contributed by atoms with van der Waals surface area (Å²) in [6.07, 6.45) is 19.0. The number of phosphoric acid groups is 1. The lowest BCUT2D eigenvalue weighted by molar-refractivity contribution is -0.870. The Morgan fingerprint density at radius 3 is 1.97 bits per heavy atom. The quantitative estimate of drug-likeness (QED) is 0.0676. The maximum Gasteiger partial charge on any atom is 0.268 e. The lowest BCUT2D eigenvalue weighted by atomic mass is 10.0. The zero-order valence-corrected chi connectivity index (χ0v) is 25.3. The number of carbonyl (C=O) groups is 1. The van der Waals surface area contributed by atoms with Gasteiger partial charge in [-0.3, -0.25) is 9.36 Å². The zero-order chi connectivity index (χ0) is 28.0. The van der Waals surface area contributed by atoms with Crippen molar-refractivity contribution in [3.63, 3.8) is 0 Å². The molecule has 0 aliphatic carbocycles. The summed E-state index contributed by atoms with van der Waals surface area (Å²) in [4.78, 5) is 24.6. The van der Waals surface area contributed by atoms with Crippen molar-refractivity contribution in [2.24, 2.45) is 0 Å². The van der Waals surface area contributed by atoms with E-state index in [9.17, 15) is 19.4 Å². The molecule has 0 spiro atoms. The van der Waals surface area contributed by atoms with Gasteiger partial charge in [-0.25, -0.2) is 0 Å². The predicted molar refractivity (Wildman–Crippen MR) is 150 cm³/mol. The Bertz CT molecular complexity index is 639. The van der Waals surface area contributed by atoms with E-state index < -0.39 is 20.0 Å². The van der Waals surface area contributed by atoms with E-state index in [0.29, 0.717) is 17.4 Å². The summed E-state index contributed by atoms with van der Waals surface area (Å²) >= 11 is 0. The van der Waals surface area contributed by atoms with Gasteiger partial charge in [-0.1, -0.05) is 103 Å². The summed E-state index contributed by atoms with van der Waals surface area (Å²) < 4.78 is 22.7. The third-order valence-electron chi connectivity index (χ3n) is 6.23. The van der Waals surface area contributed by atoms with E-state index in [1.54, 1.807) is 6.08 Å². The van der Waals surface area contributed by atoms with E-state index in [-0.39, 0.29) is 19.1 Å². The van der Waals surface area contributed by atoms with Crippen molar-refractivity contribution in [2.45, 2.75) is 122 Å². The number of quaternary nitrogens is 1. The van der Waals surface area contributed by atoms with Crippen LogP contribution in [0.15, 0.2) is 12.2 Å². The van der Waals surface area contributed by atoms with Gasteiger partial charge in [0.15, 0.2) is 0 Å². The number of nitrogens with zero attached hydrogens (tertiary/aromatic N) is 1. The van der Waals surface area contributed by atoms with Gasteiger partial charge in [-0.2, -0.15) is 0 Å². The fourth-order valence-corrected chi connectivity index (χ4v) is 4.53. The topological polar surface area (TPSA) is 108 Å². The summed E-state index contributed by atoms with van der Waals surface area (Å²) in [5.41, 5.74) is 0. The highest BCUT2D eigenvalue weighted by molar-refractivity contribution is 7.45. The Morgan fingerprint density at radius 2 is 1.46 bits per heavy atom. The molecule has 0 radical (unpaired) electrons. The number of rotatable bonds is 25. The largest absolute Gasteiger partial charge is 0.756 e. The molecule has 0 aromatic heterocycles. The zero-order valence-electron chi connectivity index (χ0n) is 24.4. The van der Waals surface area contributed by atoms with E-state index in [1.807, 2.05) is 34.1 Å². The summed E-state index contributed by atoms with van der Waals surface area (Å²) in [5.74, 6) is -0.213. The molecule has 0 heterocycles. The molecule has 3 unspecified atom stereocenters. The van der Waals surface area contributed by atoms with Gasteiger partial charge in [0.2, 0.25) is 5.91 Å². The molecule has 37 heavy (non-hydrogen) atoms. The summed E-state index contributed by atoms with van der Waals surface area (Å²) in [6, 6.07) is -0.873. The molecule has 0 rings (SSSR count). The van der Waals surface area contributed by atoms with Crippen LogP contribution in [-0.4, -0.2) is 68.5 Å². The first-order valence-electron chi connectivity index (χ1n) is 14.6. The van der Waals surface area contributed by atoms with Gasteiger partial charge in [-0.05, 0) is 12.8 Å². The second-order valence-electron chi connectivity index (χ2n) is 11.1. The van der Waals surface area contributed by atoms with Gasteiger partial charge in [0, 0.05) is 6.42 Å². The van der Waals surface area contributed by atoms with Crippen LogP contribution in [0.2, 0.25) is 0 Å². The van der Waals surface area contributed by atoms with Crippen LogP contribution in [0.4, 0.5) is 0 Å². The van der Waals surface area contributed by atoms with Crippen LogP contribution in [0.3, 0.4) is 0 Å².